The zero-order chi connectivity index (χ0) is 20.5. The Bertz CT molecular complexity index is 1010. The van der Waals surface area contributed by atoms with Crippen LogP contribution in [-0.4, -0.2) is 16.1 Å². The van der Waals surface area contributed by atoms with Gasteiger partial charge >= 0.3 is 6.18 Å². The van der Waals surface area contributed by atoms with Gasteiger partial charge in [-0.1, -0.05) is 11.6 Å². The number of furan rings is 1. The first-order valence-electron chi connectivity index (χ1n) is 7.75. The molecule has 1 amide bonds. The molecule has 0 radical (unpaired) electrons. The van der Waals surface area contributed by atoms with E-state index in [2.05, 4.69) is 15.5 Å². The van der Waals surface area contributed by atoms with Crippen LogP contribution in [0.1, 0.15) is 27.7 Å². The summed E-state index contributed by atoms with van der Waals surface area (Å²) in [6, 6.07) is 6.26. The maximum Gasteiger partial charge on any atom is 0.437 e. The zero-order valence-electron chi connectivity index (χ0n) is 14.2. The number of H-pyrrole nitrogens is 1. The number of carbonyl (C=O) groups excluding carboxylic acids is 1. The number of hydrogen-bond acceptors (Lipinski definition) is 4. The van der Waals surface area contributed by atoms with Crippen molar-refractivity contribution in [1.29, 1.82) is 0 Å². The minimum Gasteiger partial charge on any atom is -0.484 e. The van der Waals surface area contributed by atoms with E-state index in [1.54, 1.807) is 0 Å². The van der Waals surface area contributed by atoms with Crippen LogP contribution in [0.15, 0.2) is 34.7 Å². The summed E-state index contributed by atoms with van der Waals surface area (Å²) in [7, 11) is 0. The topological polar surface area (TPSA) is 80.2 Å². The number of benzene rings is 1. The number of alkyl halides is 3. The molecule has 6 nitrogen and oxygen atoms in total. The molecule has 11 heteroatoms. The predicted octanol–water partition coefficient (Wildman–Crippen LogP) is 4.95. The van der Waals surface area contributed by atoms with E-state index in [4.69, 9.17) is 20.8 Å². The molecule has 0 fully saturated rings. The summed E-state index contributed by atoms with van der Waals surface area (Å²) >= 11 is 5.84. The van der Waals surface area contributed by atoms with Crippen molar-refractivity contribution >= 4 is 23.2 Å². The van der Waals surface area contributed by atoms with Crippen LogP contribution in [-0.2, 0) is 12.8 Å². The first-order valence-corrected chi connectivity index (χ1v) is 8.13. The monoisotopic (exact) mass is 417 g/mol. The molecule has 0 aliphatic heterocycles. The fourth-order valence-electron chi connectivity index (χ4n) is 2.28. The van der Waals surface area contributed by atoms with E-state index in [1.165, 1.54) is 25.1 Å². The lowest BCUT2D eigenvalue weighted by atomic mass is 10.2. The van der Waals surface area contributed by atoms with Gasteiger partial charge in [0.05, 0.1) is 16.4 Å². The summed E-state index contributed by atoms with van der Waals surface area (Å²) in [5.41, 5.74) is -1.68. The molecule has 28 heavy (non-hydrogen) atoms. The second kappa shape index (κ2) is 7.55. The van der Waals surface area contributed by atoms with E-state index in [0.717, 1.165) is 12.1 Å². The van der Waals surface area contributed by atoms with Crippen LogP contribution in [0.3, 0.4) is 0 Å². The highest BCUT2D eigenvalue weighted by molar-refractivity contribution is 6.32. The number of nitrogens with zero attached hydrogens (tertiary/aromatic N) is 1. The third-order valence-corrected chi connectivity index (χ3v) is 3.90. The number of nitrogens with one attached hydrogen (secondary N) is 2. The Morgan fingerprint density at radius 1 is 1.32 bits per heavy atom. The normalized spacial score (nSPS) is 11.5. The molecule has 2 aromatic heterocycles. The highest BCUT2D eigenvalue weighted by atomic mass is 35.5. The Morgan fingerprint density at radius 2 is 2.07 bits per heavy atom. The molecule has 0 saturated heterocycles. The largest absolute Gasteiger partial charge is 0.484 e. The number of halogens is 5. The average Bonchev–Trinajstić information content (AvgIpc) is 3.21. The SMILES string of the molecule is Cc1[nH]nc(C(F)(F)F)c1NC(=O)c1ccc(COc2ccc(F)cc2Cl)o1. The standard InChI is InChI=1S/C17H12ClF4N3O3/c1-8-14(15(25-24-8)17(20,21)22)23-16(26)13-5-3-10(28-13)7-27-12-4-2-9(19)6-11(12)18/h2-6H,7H2,1H3,(H,23,26)(H,24,25). The lowest BCUT2D eigenvalue weighted by Crippen LogP contribution is -2.16. The molecule has 1 aromatic carbocycles. The van der Waals surface area contributed by atoms with Crippen LogP contribution in [0.25, 0.3) is 0 Å². The van der Waals surface area contributed by atoms with Crippen molar-refractivity contribution < 1.29 is 31.5 Å². The first kappa shape index (κ1) is 19.7. The second-order valence-corrected chi connectivity index (χ2v) is 6.06. The van der Waals surface area contributed by atoms with Gasteiger partial charge in [0.25, 0.3) is 5.91 Å². The summed E-state index contributed by atoms with van der Waals surface area (Å²) < 4.78 is 62.4. The number of aromatic amines is 1. The van der Waals surface area contributed by atoms with Crippen LogP contribution >= 0.6 is 11.6 Å². The van der Waals surface area contributed by atoms with E-state index in [-0.39, 0.29) is 34.6 Å². The Labute approximate surface area is 160 Å². The van der Waals surface area contributed by atoms with Crippen molar-refractivity contribution in [1.82, 2.24) is 10.2 Å². The van der Waals surface area contributed by atoms with Gasteiger partial charge in [-0.3, -0.25) is 9.89 Å². The van der Waals surface area contributed by atoms with E-state index >= 15 is 0 Å². The number of amides is 1. The van der Waals surface area contributed by atoms with Crippen LogP contribution in [0.5, 0.6) is 5.75 Å². The summed E-state index contributed by atoms with van der Waals surface area (Å²) in [6.07, 6.45) is -4.73. The summed E-state index contributed by atoms with van der Waals surface area (Å²) in [6.45, 7) is 1.21. The van der Waals surface area contributed by atoms with Crippen molar-refractivity contribution in [2.24, 2.45) is 0 Å². The molecule has 3 aromatic rings. The fraction of sp³-hybridized carbons (Fsp3) is 0.176. The molecule has 148 valence electrons. The van der Waals surface area contributed by atoms with Crippen LogP contribution in [0.4, 0.5) is 23.2 Å². The van der Waals surface area contributed by atoms with Gasteiger partial charge in [0.1, 0.15) is 23.9 Å². The molecule has 3 rings (SSSR count). The Balaban J connectivity index is 1.69. The van der Waals surface area contributed by atoms with Gasteiger partial charge in [-0.15, -0.1) is 0 Å². The predicted molar refractivity (Wildman–Crippen MR) is 90.7 cm³/mol. The quantitative estimate of drug-likeness (QED) is 0.575. The van der Waals surface area contributed by atoms with Crippen molar-refractivity contribution in [3.63, 3.8) is 0 Å². The lowest BCUT2D eigenvalue weighted by molar-refractivity contribution is -0.140. The molecule has 0 aliphatic rings. The molecule has 0 saturated carbocycles. The van der Waals surface area contributed by atoms with E-state index in [9.17, 15) is 22.4 Å². The van der Waals surface area contributed by atoms with Gasteiger partial charge in [0, 0.05) is 0 Å². The second-order valence-electron chi connectivity index (χ2n) is 5.65. The van der Waals surface area contributed by atoms with E-state index < -0.39 is 29.3 Å². The minimum absolute atomic E-state index is 0.0433. The van der Waals surface area contributed by atoms with E-state index in [0.29, 0.717) is 0 Å². The fourth-order valence-corrected chi connectivity index (χ4v) is 2.50. The Morgan fingerprint density at radius 3 is 2.75 bits per heavy atom. The van der Waals surface area contributed by atoms with Crippen LogP contribution in [0, 0.1) is 12.7 Å². The van der Waals surface area contributed by atoms with Gasteiger partial charge in [0.2, 0.25) is 0 Å². The smallest absolute Gasteiger partial charge is 0.437 e. The third-order valence-electron chi connectivity index (χ3n) is 3.60. The number of aromatic nitrogens is 2. The summed E-state index contributed by atoms with van der Waals surface area (Å²) in [4.78, 5) is 12.2. The van der Waals surface area contributed by atoms with Crippen molar-refractivity contribution in [2.45, 2.75) is 19.7 Å². The zero-order valence-corrected chi connectivity index (χ0v) is 14.9. The number of rotatable bonds is 5. The number of aryl methyl sites for hydroxylation is 1. The number of carbonyl (C=O) groups is 1. The highest BCUT2D eigenvalue weighted by Crippen LogP contribution is 2.35. The van der Waals surface area contributed by atoms with Crippen molar-refractivity contribution in [2.75, 3.05) is 5.32 Å². The van der Waals surface area contributed by atoms with Crippen LogP contribution in [0.2, 0.25) is 5.02 Å². The maximum atomic E-state index is 13.0. The van der Waals surface area contributed by atoms with Gasteiger partial charge in [0.15, 0.2) is 11.5 Å². The van der Waals surface area contributed by atoms with E-state index in [1.807, 2.05) is 0 Å². The molecule has 0 unspecified atom stereocenters. The van der Waals surface area contributed by atoms with Gasteiger partial charge in [-0.05, 0) is 37.3 Å². The molecular formula is C17H12ClF4N3O3. The molecule has 2 N–H and O–H groups in total. The third kappa shape index (κ3) is 4.28. The maximum absolute atomic E-state index is 13.0. The first-order chi connectivity index (χ1) is 13.1. The Kier molecular flexibility index (Phi) is 5.32. The van der Waals surface area contributed by atoms with Crippen molar-refractivity contribution in [3.05, 3.63) is 64.1 Å². The minimum atomic E-state index is -4.73. The number of anilines is 1. The molecule has 0 bridgehead atoms. The van der Waals surface area contributed by atoms with Gasteiger partial charge in [-0.2, -0.15) is 18.3 Å². The Hall–Kier alpha value is -3.01. The molecule has 0 aliphatic carbocycles. The highest BCUT2D eigenvalue weighted by Gasteiger charge is 2.38. The number of hydrogen-bond donors (Lipinski definition) is 2. The molecule has 2 heterocycles. The lowest BCUT2D eigenvalue weighted by Gasteiger charge is -2.08. The van der Waals surface area contributed by atoms with Gasteiger partial charge < -0.3 is 14.5 Å². The molecule has 0 atom stereocenters. The summed E-state index contributed by atoms with van der Waals surface area (Å²) in [5, 5.41) is 7.53. The molecular weight excluding hydrogens is 406 g/mol. The summed E-state index contributed by atoms with van der Waals surface area (Å²) in [5.74, 6) is -1.22. The average molecular weight is 418 g/mol. The van der Waals surface area contributed by atoms with Gasteiger partial charge in [-0.25, -0.2) is 4.39 Å². The van der Waals surface area contributed by atoms with Crippen LogP contribution < -0.4 is 10.1 Å². The molecule has 0 spiro atoms. The number of ether oxygens (including phenoxy) is 1. The van der Waals surface area contributed by atoms with Crippen molar-refractivity contribution in [3.8, 4) is 5.75 Å².